The molecule has 4 saturated carbocycles. The molecule has 244 valence electrons. The van der Waals surface area contributed by atoms with Crippen molar-refractivity contribution < 1.29 is 14.6 Å². The Balaban J connectivity index is 0.000000834. The van der Waals surface area contributed by atoms with E-state index < -0.39 is 0 Å². The van der Waals surface area contributed by atoms with E-state index in [9.17, 15) is 4.79 Å². The van der Waals surface area contributed by atoms with Gasteiger partial charge in [-0.25, -0.2) is 4.79 Å². The molecule has 5 aliphatic carbocycles. The second kappa shape index (κ2) is 13.7. The number of ether oxygens (including phenoxy) is 1. The molecule has 7 unspecified atom stereocenters. The zero-order valence-corrected chi connectivity index (χ0v) is 29.3. The predicted octanol–water partition coefficient (Wildman–Crippen LogP) is 10.7. The molecule has 8 atom stereocenters. The second-order valence-electron chi connectivity index (χ2n) is 15.6. The van der Waals surface area contributed by atoms with Gasteiger partial charge in [-0.15, -0.1) is 6.58 Å². The molecule has 5 aliphatic rings. The average molecular weight is 603 g/mol. The monoisotopic (exact) mass is 602 g/mol. The summed E-state index contributed by atoms with van der Waals surface area (Å²) in [6.45, 7) is 18.0. The number of carbonyl (C=O) groups excluding carboxylic acids is 1. The van der Waals surface area contributed by atoms with Crippen LogP contribution in [0.2, 0.25) is 0 Å². The summed E-state index contributed by atoms with van der Waals surface area (Å²) in [6.07, 6.45) is 24.8. The number of hydrogen-bond donors (Lipinski definition) is 1. The molecule has 1 aromatic carbocycles. The maximum atomic E-state index is 12.0. The van der Waals surface area contributed by atoms with E-state index in [1.807, 2.05) is 19.1 Å². The van der Waals surface area contributed by atoms with E-state index in [4.69, 9.17) is 9.84 Å². The van der Waals surface area contributed by atoms with Gasteiger partial charge in [-0.2, -0.15) is 0 Å². The Kier molecular flexibility index (Phi) is 10.8. The molecule has 0 saturated heterocycles. The van der Waals surface area contributed by atoms with Crippen molar-refractivity contribution in [2.75, 3.05) is 14.2 Å². The lowest BCUT2D eigenvalue weighted by Crippen LogP contribution is -2.60. The number of rotatable bonds is 4. The van der Waals surface area contributed by atoms with Crippen LogP contribution >= 0.6 is 0 Å². The lowest BCUT2D eigenvalue weighted by molar-refractivity contribution is -0.174. The van der Waals surface area contributed by atoms with Crippen molar-refractivity contribution in [2.45, 2.75) is 112 Å². The number of esters is 1. The van der Waals surface area contributed by atoms with Crippen molar-refractivity contribution >= 4 is 11.5 Å². The molecule has 0 aromatic heterocycles. The van der Waals surface area contributed by atoms with Crippen LogP contribution in [-0.2, 0) is 4.74 Å². The quantitative estimate of drug-likeness (QED) is 0.275. The molecular formula is C41H62O3. The fraction of sp³-hybridized carbons (Fsp3) is 0.683. The SMILES string of the molecule is C=CC.CC/C=C\C12CCC[C@@H]1C1CCC3C(C)(CCC4C(C)(C)C(c5ccc(C(=O)OC)cc5)=CCC43C)C1CC2.CO. The van der Waals surface area contributed by atoms with Crippen LogP contribution < -0.4 is 0 Å². The molecule has 6 rings (SSSR count). The summed E-state index contributed by atoms with van der Waals surface area (Å²) in [7, 11) is 2.45. The number of carbonyl (C=O) groups is 1. The Morgan fingerprint density at radius 1 is 0.932 bits per heavy atom. The molecule has 1 aromatic rings. The van der Waals surface area contributed by atoms with Gasteiger partial charge in [0, 0.05) is 7.11 Å². The van der Waals surface area contributed by atoms with Crippen LogP contribution in [0.25, 0.3) is 5.57 Å². The summed E-state index contributed by atoms with van der Waals surface area (Å²) in [5, 5.41) is 7.00. The summed E-state index contributed by atoms with van der Waals surface area (Å²) in [5.41, 5.74) is 4.89. The fourth-order valence-electron chi connectivity index (χ4n) is 11.9. The minimum atomic E-state index is -0.257. The smallest absolute Gasteiger partial charge is 0.337 e. The number of hydrogen-bond acceptors (Lipinski definition) is 3. The van der Waals surface area contributed by atoms with Gasteiger partial charge in [0.15, 0.2) is 0 Å². The number of aliphatic hydroxyl groups excluding tert-OH is 1. The van der Waals surface area contributed by atoms with Crippen LogP contribution in [0.4, 0.5) is 0 Å². The van der Waals surface area contributed by atoms with E-state index in [2.05, 4.69) is 71.6 Å². The van der Waals surface area contributed by atoms with Gasteiger partial charge in [-0.05, 0) is 146 Å². The lowest BCUT2D eigenvalue weighted by atomic mass is 9.36. The van der Waals surface area contributed by atoms with Crippen LogP contribution in [-0.4, -0.2) is 25.3 Å². The standard InChI is InChI=1S/C37H52O2.C3H6.CH4O/c1-7-8-20-37-21-9-10-30(37)27-15-16-32-35(4,29(27)18-24-37)23-19-31-34(2,3)28(17-22-36(31,32)5)25-11-13-26(14-12-25)33(38)39-6;1-3-2;1-2/h8,11-14,17,20,27,29-32H,7,9-10,15-16,18-19,21-24H2,1-6H3;3H,1H2,2H3;2H,1H3/b20-8-;;/t27?,29?,30-,31?,32?,35?,36?,37?;;/m1../s1. The largest absolute Gasteiger partial charge is 0.465 e. The van der Waals surface area contributed by atoms with Gasteiger partial charge >= 0.3 is 5.97 Å². The first kappa shape index (κ1) is 34.7. The topological polar surface area (TPSA) is 46.5 Å². The molecule has 0 radical (unpaired) electrons. The summed E-state index contributed by atoms with van der Waals surface area (Å²) in [4.78, 5) is 12.0. The van der Waals surface area contributed by atoms with Crippen molar-refractivity contribution in [3.63, 3.8) is 0 Å². The van der Waals surface area contributed by atoms with Crippen LogP contribution in [0.15, 0.2) is 55.1 Å². The molecule has 0 bridgehead atoms. The molecule has 4 fully saturated rings. The molecule has 1 N–H and O–H groups in total. The number of aliphatic hydroxyl groups is 1. The minimum Gasteiger partial charge on any atom is -0.465 e. The Morgan fingerprint density at radius 2 is 1.61 bits per heavy atom. The van der Waals surface area contributed by atoms with Crippen molar-refractivity contribution in [1.29, 1.82) is 0 Å². The third-order valence-electron chi connectivity index (χ3n) is 13.5. The minimum absolute atomic E-state index is 0.121. The van der Waals surface area contributed by atoms with Gasteiger partial charge in [0.25, 0.3) is 0 Å². The average Bonchev–Trinajstić information content (AvgIpc) is 3.45. The van der Waals surface area contributed by atoms with E-state index in [0.29, 0.717) is 27.7 Å². The molecule has 3 heteroatoms. The van der Waals surface area contributed by atoms with E-state index >= 15 is 0 Å². The molecule has 0 amide bonds. The second-order valence-corrected chi connectivity index (χ2v) is 15.6. The Bertz CT molecular complexity index is 1210. The molecule has 0 spiro atoms. The molecule has 0 aliphatic heterocycles. The first-order valence-corrected chi connectivity index (χ1v) is 17.6. The van der Waals surface area contributed by atoms with Gasteiger partial charge in [0.1, 0.15) is 0 Å². The normalized spacial score (nSPS) is 38.2. The molecular weight excluding hydrogens is 540 g/mol. The van der Waals surface area contributed by atoms with Crippen molar-refractivity contribution in [3.05, 3.63) is 66.3 Å². The zero-order valence-electron chi connectivity index (χ0n) is 29.3. The molecule has 0 heterocycles. The van der Waals surface area contributed by atoms with Crippen LogP contribution in [0.1, 0.15) is 128 Å². The van der Waals surface area contributed by atoms with Gasteiger partial charge in [-0.3, -0.25) is 0 Å². The van der Waals surface area contributed by atoms with E-state index in [0.717, 1.165) is 30.8 Å². The maximum Gasteiger partial charge on any atom is 0.337 e. The van der Waals surface area contributed by atoms with Crippen LogP contribution in [0.5, 0.6) is 0 Å². The summed E-state index contributed by atoms with van der Waals surface area (Å²) < 4.78 is 4.93. The predicted molar refractivity (Wildman–Crippen MR) is 185 cm³/mol. The third kappa shape index (κ3) is 5.69. The van der Waals surface area contributed by atoms with Crippen LogP contribution in [0.3, 0.4) is 0 Å². The lowest BCUT2D eigenvalue weighted by Gasteiger charge is -2.68. The summed E-state index contributed by atoms with van der Waals surface area (Å²) >= 11 is 0. The highest BCUT2D eigenvalue weighted by molar-refractivity contribution is 5.89. The zero-order chi connectivity index (χ0) is 32.3. The first-order chi connectivity index (χ1) is 21.0. The molecule has 3 nitrogen and oxygen atoms in total. The maximum absolute atomic E-state index is 12.0. The third-order valence-corrected chi connectivity index (χ3v) is 13.5. The van der Waals surface area contributed by atoms with Gasteiger partial charge in [0.05, 0.1) is 12.7 Å². The number of allylic oxidation sites excluding steroid dienone is 5. The van der Waals surface area contributed by atoms with Gasteiger partial charge in [-0.1, -0.05) is 77.5 Å². The first-order valence-electron chi connectivity index (χ1n) is 17.6. The van der Waals surface area contributed by atoms with Crippen molar-refractivity contribution in [2.24, 2.45) is 51.2 Å². The highest BCUT2D eigenvalue weighted by Crippen LogP contribution is 2.73. The number of benzene rings is 1. The highest BCUT2D eigenvalue weighted by atomic mass is 16.5. The fourth-order valence-corrected chi connectivity index (χ4v) is 11.9. The number of methoxy groups -OCH3 is 1. The van der Waals surface area contributed by atoms with E-state index in [-0.39, 0.29) is 11.4 Å². The number of fused-ring (bicyclic) bond motifs is 7. The highest BCUT2D eigenvalue weighted by Gasteiger charge is 2.65. The van der Waals surface area contributed by atoms with Crippen molar-refractivity contribution in [1.82, 2.24) is 0 Å². The Hall–Kier alpha value is -2.13. The van der Waals surface area contributed by atoms with Gasteiger partial charge < -0.3 is 9.84 Å². The van der Waals surface area contributed by atoms with Crippen LogP contribution in [0, 0.1) is 51.2 Å². The summed E-state index contributed by atoms with van der Waals surface area (Å²) in [6, 6.07) is 8.16. The van der Waals surface area contributed by atoms with Gasteiger partial charge in [0.2, 0.25) is 0 Å². The summed E-state index contributed by atoms with van der Waals surface area (Å²) in [5.74, 6) is 4.06. The van der Waals surface area contributed by atoms with E-state index in [1.54, 1.807) is 6.08 Å². The van der Waals surface area contributed by atoms with E-state index in [1.165, 1.54) is 88.9 Å². The Morgan fingerprint density at radius 3 is 2.25 bits per heavy atom. The van der Waals surface area contributed by atoms with Crippen molar-refractivity contribution in [3.8, 4) is 0 Å². The molecule has 44 heavy (non-hydrogen) atoms. The Labute approximate surface area is 269 Å².